The molecule has 0 saturated carbocycles. The normalized spacial score (nSPS) is 14.9. The molecular formula is C17H20FNO. The molecule has 0 aromatic heterocycles. The second-order valence-electron chi connectivity index (χ2n) is 4.65. The van der Waals surface area contributed by atoms with Crippen LogP contribution < -0.4 is 5.32 Å². The van der Waals surface area contributed by atoms with Gasteiger partial charge in [-0.3, -0.25) is 0 Å². The molecule has 0 aliphatic heterocycles. The molecule has 0 saturated heterocycles. The Morgan fingerprint density at radius 1 is 1.15 bits per heavy atom. The molecule has 0 amide bonds. The van der Waals surface area contributed by atoms with Crippen LogP contribution in [0.15, 0.2) is 53.8 Å². The lowest BCUT2D eigenvalue weighted by atomic mass is 10.0. The van der Waals surface area contributed by atoms with Crippen LogP contribution in [0.2, 0.25) is 0 Å². The Morgan fingerprint density at radius 2 is 1.95 bits per heavy atom. The highest BCUT2D eigenvalue weighted by molar-refractivity contribution is 5.57. The summed E-state index contributed by atoms with van der Waals surface area (Å²) in [5.41, 5.74) is 3.38. The minimum absolute atomic E-state index is 0.354. The molecule has 1 N–H and O–H groups in total. The van der Waals surface area contributed by atoms with E-state index in [-0.39, 0.29) is 6.67 Å². The minimum Gasteiger partial charge on any atom is -0.501 e. The maximum absolute atomic E-state index is 12.0. The van der Waals surface area contributed by atoms with Gasteiger partial charge in [-0.1, -0.05) is 30.4 Å². The third-order valence-corrected chi connectivity index (χ3v) is 3.23. The molecule has 0 radical (unpaired) electrons. The molecule has 0 unspecified atom stereocenters. The maximum atomic E-state index is 12.0. The SMILES string of the molecule is COC1=CC=C(/C=C/c2ccc(NCCF)cc2)CC1. The largest absolute Gasteiger partial charge is 0.501 e. The number of halogens is 1. The second kappa shape index (κ2) is 7.53. The molecule has 1 aliphatic carbocycles. The van der Waals surface area contributed by atoms with Gasteiger partial charge in [0, 0.05) is 18.7 Å². The van der Waals surface area contributed by atoms with Crippen molar-refractivity contribution in [2.75, 3.05) is 25.6 Å². The Kier molecular flexibility index (Phi) is 5.42. The summed E-state index contributed by atoms with van der Waals surface area (Å²) in [5.74, 6) is 1.03. The number of ether oxygens (including phenoxy) is 1. The number of anilines is 1. The Balaban J connectivity index is 1.94. The highest BCUT2D eigenvalue weighted by atomic mass is 19.1. The standard InChI is InChI=1S/C17H20FNO/c1-20-17-10-6-15(7-11-17)3-2-14-4-8-16(9-5-14)19-13-12-18/h2-6,8-10,19H,7,11-13H2,1H3/b3-2+. The maximum Gasteiger partial charge on any atom is 0.107 e. The van der Waals surface area contributed by atoms with Gasteiger partial charge in [-0.05, 0) is 35.8 Å². The monoisotopic (exact) mass is 273 g/mol. The summed E-state index contributed by atoms with van der Waals surface area (Å²) in [4.78, 5) is 0. The van der Waals surface area contributed by atoms with E-state index in [1.807, 2.05) is 30.3 Å². The van der Waals surface area contributed by atoms with Crippen LogP contribution >= 0.6 is 0 Å². The van der Waals surface area contributed by atoms with Crippen molar-refractivity contribution in [1.82, 2.24) is 0 Å². The molecule has 3 heteroatoms. The summed E-state index contributed by atoms with van der Waals surface area (Å²) in [6.07, 6.45) is 10.3. The van der Waals surface area contributed by atoms with Crippen molar-refractivity contribution in [2.24, 2.45) is 0 Å². The number of allylic oxidation sites excluding steroid dienone is 5. The fourth-order valence-corrected chi connectivity index (χ4v) is 2.05. The van der Waals surface area contributed by atoms with Gasteiger partial charge in [0.1, 0.15) is 6.67 Å². The van der Waals surface area contributed by atoms with E-state index < -0.39 is 0 Å². The van der Waals surface area contributed by atoms with E-state index in [1.165, 1.54) is 5.57 Å². The number of hydrogen-bond donors (Lipinski definition) is 1. The van der Waals surface area contributed by atoms with Crippen molar-refractivity contribution in [3.63, 3.8) is 0 Å². The summed E-state index contributed by atoms with van der Waals surface area (Å²) in [7, 11) is 1.71. The van der Waals surface area contributed by atoms with Gasteiger partial charge >= 0.3 is 0 Å². The van der Waals surface area contributed by atoms with Crippen molar-refractivity contribution in [2.45, 2.75) is 12.8 Å². The number of methoxy groups -OCH3 is 1. The Labute approximate surface area is 119 Å². The topological polar surface area (TPSA) is 21.3 Å². The van der Waals surface area contributed by atoms with Crippen LogP contribution in [0.5, 0.6) is 0 Å². The lowest BCUT2D eigenvalue weighted by molar-refractivity contribution is 0.276. The van der Waals surface area contributed by atoms with Crippen LogP contribution in [0.25, 0.3) is 6.08 Å². The van der Waals surface area contributed by atoms with E-state index in [1.54, 1.807) is 7.11 Å². The van der Waals surface area contributed by atoms with Gasteiger partial charge < -0.3 is 10.1 Å². The highest BCUT2D eigenvalue weighted by Gasteiger charge is 2.03. The third kappa shape index (κ3) is 4.26. The molecule has 20 heavy (non-hydrogen) atoms. The smallest absolute Gasteiger partial charge is 0.107 e. The van der Waals surface area contributed by atoms with Gasteiger partial charge in [0.2, 0.25) is 0 Å². The van der Waals surface area contributed by atoms with Gasteiger partial charge in [-0.15, -0.1) is 0 Å². The molecule has 0 heterocycles. The quantitative estimate of drug-likeness (QED) is 0.833. The summed E-state index contributed by atoms with van der Waals surface area (Å²) in [6.45, 7) is 0.00300. The molecule has 2 nitrogen and oxygen atoms in total. The second-order valence-corrected chi connectivity index (χ2v) is 4.65. The number of rotatable bonds is 6. The first-order valence-corrected chi connectivity index (χ1v) is 6.83. The van der Waals surface area contributed by atoms with Gasteiger partial charge in [0.25, 0.3) is 0 Å². The fourth-order valence-electron chi connectivity index (χ4n) is 2.05. The molecule has 1 aromatic rings. The van der Waals surface area contributed by atoms with Crippen LogP contribution in [0, 0.1) is 0 Å². The van der Waals surface area contributed by atoms with E-state index in [0.29, 0.717) is 6.54 Å². The zero-order valence-electron chi connectivity index (χ0n) is 11.7. The summed E-state index contributed by atoms with van der Waals surface area (Å²) >= 11 is 0. The van der Waals surface area contributed by atoms with Crippen LogP contribution in [-0.2, 0) is 4.74 Å². The van der Waals surface area contributed by atoms with Crippen molar-refractivity contribution in [1.29, 1.82) is 0 Å². The summed E-state index contributed by atoms with van der Waals surface area (Å²) in [6, 6.07) is 7.98. The zero-order chi connectivity index (χ0) is 14.2. The summed E-state index contributed by atoms with van der Waals surface area (Å²) < 4.78 is 17.3. The minimum atomic E-state index is -0.354. The van der Waals surface area contributed by atoms with Crippen LogP contribution in [0.1, 0.15) is 18.4 Å². The first-order valence-electron chi connectivity index (χ1n) is 6.83. The van der Waals surface area contributed by atoms with Gasteiger partial charge in [-0.2, -0.15) is 0 Å². The highest BCUT2D eigenvalue weighted by Crippen LogP contribution is 2.20. The Morgan fingerprint density at radius 3 is 2.55 bits per heavy atom. The first kappa shape index (κ1) is 14.4. The zero-order valence-corrected chi connectivity index (χ0v) is 11.7. The van der Waals surface area contributed by atoms with Gasteiger partial charge in [-0.25, -0.2) is 4.39 Å². The van der Waals surface area contributed by atoms with Crippen molar-refractivity contribution < 1.29 is 9.13 Å². The van der Waals surface area contributed by atoms with Crippen molar-refractivity contribution >= 4 is 11.8 Å². The molecule has 106 valence electrons. The predicted molar refractivity (Wildman–Crippen MR) is 82.3 cm³/mol. The van der Waals surface area contributed by atoms with E-state index >= 15 is 0 Å². The number of alkyl halides is 1. The third-order valence-electron chi connectivity index (χ3n) is 3.23. The number of nitrogens with one attached hydrogen (secondary N) is 1. The fraction of sp³-hybridized carbons (Fsp3) is 0.294. The van der Waals surface area contributed by atoms with E-state index in [0.717, 1.165) is 29.9 Å². The lowest BCUT2D eigenvalue weighted by Crippen LogP contribution is -2.02. The van der Waals surface area contributed by atoms with Gasteiger partial charge in [0.15, 0.2) is 0 Å². The molecule has 0 fully saturated rings. The molecule has 1 aliphatic rings. The molecular weight excluding hydrogens is 253 g/mol. The Hall–Kier alpha value is -2.03. The van der Waals surface area contributed by atoms with Crippen LogP contribution in [0.3, 0.4) is 0 Å². The predicted octanol–water partition coefficient (Wildman–Crippen LogP) is 4.33. The van der Waals surface area contributed by atoms with Crippen molar-refractivity contribution in [3.8, 4) is 0 Å². The lowest BCUT2D eigenvalue weighted by Gasteiger charge is -2.10. The molecule has 1 aromatic carbocycles. The molecule has 0 bridgehead atoms. The summed E-state index contributed by atoms with van der Waals surface area (Å²) in [5, 5.41) is 3.01. The van der Waals surface area contributed by atoms with E-state index in [9.17, 15) is 4.39 Å². The number of benzene rings is 1. The van der Waals surface area contributed by atoms with Crippen molar-refractivity contribution in [3.05, 3.63) is 59.4 Å². The van der Waals surface area contributed by atoms with Crippen LogP contribution in [-0.4, -0.2) is 20.3 Å². The molecule has 0 atom stereocenters. The van der Waals surface area contributed by atoms with Gasteiger partial charge in [0.05, 0.1) is 12.9 Å². The Bertz CT molecular complexity index is 514. The van der Waals surface area contributed by atoms with E-state index in [2.05, 4.69) is 23.5 Å². The van der Waals surface area contributed by atoms with Crippen LogP contribution in [0.4, 0.5) is 10.1 Å². The average Bonchev–Trinajstić information content (AvgIpc) is 2.52. The average molecular weight is 273 g/mol. The molecule has 0 spiro atoms. The first-order chi connectivity index (χ1) is 9.81. The van der Waals surface area contributed by atoms with E-state index in [4.69, 9.17) is 4.74 Å². The molecule has 2 rings (SSSR count). The number of hydrogen-bond acceptors (Lipinski definition) is 2.